The zero-order chi connectivity index (χ0) is 19.3. The van der Waals surface area contributed by atoms with Gasteiger partial charge in [-0.25, -0.2) is 4.98 Å². The molecule has 0 unspecified atom stereocenters. The summed E-state index contributed by atoms with van der Waals surface area (Å²) in [4.78, 5) is 20.3. The number of nitrogens with zero attached hydrogens (tertiary/aromatic N) is 1. The maximum Gasteiger partial charge on any atom is 0.255 e. The van der Waals surface area contributed by atoms with Crippen LogP contribution in [0.5, 0.6) is 5.75 Å². The number of aromatic amines is 1. The van der Waals surface area contributed by atoms with Crippen molar-refractivity contribution >= 4 is 22.6 Å². The van der Waals surface area contributed by atoms with Crippen LogP contribution in [0.1, 0.15) is 21.7 Å². The van der Waals surface area contributed by atoms with Gasteiger partial charge < -0.3 is 15.0 Å². The average molecular weight is 371 g/mol. The Bertz CT molecular complexity index is 1070. The summed E-state index contributed by atoms with van der Waals surface area (Å²) in [5.74, 6) is 1.49. The molecule has 0 spiro atoms. The number of aryl methyl sites for hydroxylation is 2. The van der Waals surface area contributed by atoms with E-state index >= 15 is 0 Å². The third-order valence-electron chi connectivity index (χ3n) is 4.63. The van der Waals surface area contributed by atoms with E-state index in [0.29, 0.717) is 11.3 Å². The fourth-order valence-corrected chi connectivity index (χ4v) is 3.11. The molecule has 0 bridgehead atoms. The van der Waals surface area contributed by atoms with Crippen molar-refractivity contribution in [2.75, 3.05) is 12.4 Å². The number of fused-ring (bicyclic) bond motifs is 1. The van der Waals surface area contributed by atoms with Gasteiger partial charge in [0.05, 0.1) is 18.1 Å². The Balaban J connectivity index is 1.37. The number of H-pyrrole nitrogens is 1. The Morgan fingerprint density at radius 1 is 1.00 bits per heavy atom. The molecule has 0 atom stereocenters. The predicted molar refractivity (Wildman–Crippen MR) is 111 cm³/mol. The maximum absolute atomic E-state index is 12.4. The number of ether oxygens (including phenoxy) is 1. The van der Waals surface area contributed by atoms with Gasteiger partial charge in [-0.05, 0) is 54.4 Å². The van der Waals surface area contributed by atoms with E-state index in [9.17, 15) is 4.79 Å². The van der Waals surface area contributed by atoms with E-state index in [2.05, 4.69) is 15.3 Å². The van der Waals surface area contributed by atoms with Crippen LogP contribution in [-0.2, 0) is 12.8 Å². The highest BCUT2D eigenvalue weighted by Gasteiger charge is 2.08. The second-order valence-electron chi connectivity index (χ2n) is 6.58. The molecule has 1 amide bonds. The number of amides is 1. The van der Waals surface area contributed by atoms with Crippen LogP contribution < -0.4 is 10.1 Å². The van der Waals surface area contributed by atoms with E-state index < -0.39 is 0 Å². The molecule has 2 N–H and O–H groups in total. The van der Waals surface area contributed by atoms with Crippen molar-refractivity contribution in [3.05, 3.63) is 89.7 Å². The maximum atomic E-state index is 12.4. The van der Waals surface area contributed by atoms with Crippen molar-refractivity contribution in [3.8, 4) is 5.75 Å². The molecular weight excluding hydrogens is 350 g/mol. The quantitative estimate of drug-likeness (QED) is 0.520. The number of nitrogens with one attached hydrogen (secondary N) is 2. The van der Waals surface area contributed by atoms with Crippen LogP contribution in [0.2, 0.25) is 0 Å². The largest absolute Gasteiger partial charge is 0.497 e. The topological polar surface area (TPSA) is 67.0 Å². The van der Waals surface area contributed by atoms with Gasteiger partial charge in [-0.2, -0.15) is 0 Å². The molecule has 0 aliphatic heterocycles. The zero-order valence-corrected chi connectivity index (χ0v) is 15.6. The lowest BCUT2D eigenvalue weighted by Gasteiger charge is -2.08. The van der Waals surface area contributed by atoms with Crippen LogP contribution in [0, 0.1) is 0 Å². The first-order valence-corrected chi connectivity index (χ1v) is 9.19. The lowest BCUT2D eigenvalue weighted by atomic mass is 10.1. The second kappa shape index (κ2) is 7.96. The third-order valence-corrected chi connectivity index (χ3v) is 4.63. The predicted octanol–water partition coefficient (Wildman–Crippen LogP) is 4.61. The molecule has 0 saturated carbocycles. The summed E-state index contributed by atoms with van der Waals surface area (Å²) in [6.07, 6.45) is 1.72. The summed E-state index contributed by atoms with van der Waals surface area (Å²) >= 11 is 0. The highest BCUT2D eigenvalue weighted by Crippen LogP contribution is 2.17. The third kappa shape index (κ3) is 4.04. The van der Waals surface area contributed by atoms with E-state index in [1.807, 2.05) is 54.6 Å². The van der Waals surface area contributed by atoms with E-state index in [1.54, 1.807) is 25.3 Å². The van der Waals surface area contributed by atoms with E-state index in [0.717, 1.165) is 35.4 Å². The van der Waals surface area contributed by atoms with Gasteiger partial charge in [0.2, 0.25) is 0 Å². The first kappa shape index (κ1) is 17.8. The van der Waals surface area contributed by atoms with Gasteiger partial charge in [0.15, 0.2) is 0 Å². The van der Waals surface area contributed by atoms with Crippen molar-refractivity contribution < 1.29 is 9.53 Å². The summed E-state index contributed by atoms with van der Waals surface area (Å²) in [6, 6.07) is 23.0. The summed E-state index contributed by atoms with van der Waals surface area (Å²) in [7, 11) is 1.58. The molecule has 1 aromatic heterocycles. The van der Waals surface area contributed by atoms with Gasteiger partial charge in [0.1, 0.15) is 11.6 Å². The number of para-hydroxylation sites is 2. The van der Waals surface area contributed by atoms with Crippen LogP contribution in [0.15, 0.2) is 72.8 Å². The van der Waals surface area contributed by atoms with Gasteiger partial charge in [0.25, 0.3) is 5.91 Å². The van der Waals surface area contributed by atoms with E-state index in [-0.39, 0.29) is 5.91 Å². The van der Waals surface area contributed by atoms with Crippen LogP contribution in [0.25, 0.3) is 11.0 Å². The number of aromatic nitrogens is 2. The molecule has 4 rings (SSSR count). The lowest BCUT2D eigenvalue weighted by molar-refractivity contribution is 0.102. The molecule has 3 aromatic carbocycles. The van der Waals surface area contributed by atoms with Crippen molar-refractivity contribution in [1.29, 1.82) is 0 Å². The Morgan fingerprint density at radius 2 is 1.82 bits per heavy atom. The number of carbonyl (C=O) groups is 1. The normalized spacial score (nSPS) is 10.8. The summed E-state index contributed by atoms with van der Waals surface area (Å²) < 4.78 is 5.17. The number of methoxy groups -OCH3 is 1. The van der Waals surface area contributed by atoms with Gasteiger partial charge in [0, 0.05) is 17.7 Å². The first-order chi connectivity index (χ1) is 13.7. The number of carbonyl (C=O) groups excluding carboxylic acids is 1. The molecule has 28 heavy (non-hydrogen) atoms. The number of anilines is 1. The average Bonchev–Trinajstić information content (AvgIpc) is 3.16. The molecule has 5 heteroatoms. The Kier molecular flexibility index (Phi) is 5.06. The van der Waals surface area contributed by atoms with Crippen molar-refractivity contribution in [2.24, 2.45) is 0 Å². The summed E-state index contributed by atoms with van der Waals surface area (Å²) in [5, 5.41) is 2.92. The highest BCUT2D eigenvalue weighted by molar-refractivity contribution is 6.04. The minimum absolute atomic E-state index is 0.158. The number of imidazole rings is 1. The second-order valence-corrected chi connectivity index (χ2v) is 6.58. The van der Waals surface area contributed by atoms with Gasteiger partial charge in [-0.15, -0.1) is 0 Å². The SMILES string of the molecule is COc1cccc(C(=O)Nc2ccc(CCc3nc4ccccc4[nH]3)cc2)c1. The fraction of sp³-hybridized carbons (Fsp3) is 0.130. The molecule has 0 radical (unpaired) electrons. The number of hydrogen-bond donors (Lipinski definition) is 2. The first-order valence-electron chi connectivity index (χ1n) is 9.19. The minimum Gasteiger partial charge on any atom is -0.497 e. The number of hydrogen-bond acceptors (Lipinski definition) is 3. The lowest BCUT2D eigenvalue weighted by Crippen LogP contribution is -2.11. The van der Waals surface area contributed by atoms with Crippen LogP contribution in [0.3, 0.4) is 0 Å². The molecule has 5 nitrogen and oxygen atoms in total. The molecular formula is C23H21N3O2. The molecule has 0 aliphatic carbocycles. The Labute approximate surface area is 163 Å². The van der Waals surface area contributed by atoms with E-state index in [4.69, 9.17) is 4.74 Å². The molecule has 1 heterocycles. The summed E-state index contributed by atoms with van der Waals surface area (Å²) in [5.41, 5.74) is 4.58. The number of benzene rings is 3. The van der Waals surface area contributed by atoms with Gasteiger partial charge in [-0.3, -0.25) is 4.79 Å². The molecule has 140 valence electrons. The fourth-order valence-electron chi connectivity index (χ4n) is 3.11. The van der Waals surface area contributed by atoms with Crippen LogP contribution >= 0.6 is 0 Å². The summed E-state index contributed by atoms with van der Waals surface area (Å²) in [6.45, 7) is 0. The van der Waals surface area contributed by atoms with Crippen LogP contribution in [0.4, 0.5) is 5.69 Å². The Morgan fingerprint density at radius 3 is 2.61 bits per heavy atom. The monoisotopic (exact) mass is 371 g/mol. The molecule has 0 saturated heterocycles. The van der Waals surface area contributed by atoms with Crippen molar-refractivity contribution in [2.45, 2.75) is 12.8 Å². The minimum atomic E-state index is -0.158. The van der Waals surface area contributed by atoms with E-state index in [1.165, 1.54) is 5.56 Å². The number of rotatable bonds is 6. The molecule has 4 aromatic rings. The smallest absolute Gasteiger partial charge is 0.255 e. The van der Waals surface area contributed by atoms with Gasteiger partial charge >= 0.3 is 0 Å². The van der Waals surface area contributed by atoms with Gasteiger partial charge in [-0.1, -0.05) is 30.3 Å². The molecule has 0 fully saturated rings. The zero-order valence-electron chi connectivity index (χ0n) is 15.6. The highest BCUT2D eigenvalue weighted by atomic mass is 16.5. The standard InChI is InChI=1S/C23H21N3O2/c1-28-19-6-4-5-17(15-19)23(27)24-18-12-9-16(10-13-18)11-14-22-25-20-7-2-3-8-21(20)26-22/h2-10,12-13,15H,11,14H2,1H3,(H,24,27)(H,25,26). The molecule has 0 aliphatic rings. The van der Waals surface area contributed by atoms with Crippen molar-refractivity contribution in [1.82, 2.24) is 9.97 Å². The van der Waals surface area contributed by atoms with Crippen molar-refractivity contribution in [3.63, 3.8) is 0 Å². The van der Waals surface area contributed by atoms with Crippen LogP contribution in [-0.4, -0.2) is 23.0 Å². The Hall–Kier alpha value is -3.60.